The van der Waals surface area contributed by atoms with Crippen molar-refractivity contribution in [2.24, 2.45) is 0 Å². The lowest BCUT2D eigenvalue weighted by molar-refractivity contribution is 0.0697. The Kier molecular flexibility index (Phi) is 4.33. The molecule has 0 spiro atoms. The van der Waals surface area contributed by atoms with Gasteiger partial charge in [0.05, 0.1) is 13.6 Å². The lowest BCUT2D eigenvalue weighted by atomic mass is 10.00. The van der Waals surface area contributed by atoms with Gasteiger partial charge in [0.1, 0.15) is 0 Å². The third-order valence-electron chi connectivity index (χ3n) is 4.52. The summed E-state index contributed by atoms with van der Waals surface area (Å²) in [6.45, 7) is 9.26. The van der Waals surface area contributed by atoms with E-state index in [9.17, 15) is 9.90 Å². The highest BCUT2D eigenvalue weighted by molar-refractivity contribution is 6.90. The van der Waals surface area contributed by atoms with Gasteiger partial charge in [-0.25, -0.2) is 4.79 Å². The second-order valence-electron chi connectivity index (χ2n) is 6.31. The van der Waals surface area contributed by atoms with Crippen LogP contribution in [0.1, 0.15) is 24.2 Å². The molecule has 0 heterocycles. The lowest BCUT2D eigenvalue weighted by Gasteiger charge is -2.28. The Hall–Kier alpha value is -1.87. The molecule has 0 saturated heterocycles. The molecule has 110 valence electrons. The van der Waals surface area contributed by atoms with Crippen molar-refractivity contribution in [2.45, 2.75) is 32.5 Å². The molecule has 0 saturated carbocycles. The molecule has 0 unspecified atom stereocenters. The molecule has 3 heteroatoms. The topological polar surface area (TPSA) is 37.3 Å². The van der Waals surface area contributed by atoms with Crippen LogP contribution in [0.2, 0.25) is 18.6 Å². The third kappa shape index (κ3) is 3.08. The van der Waals surface area contributed by atoms with E-state index in [0.29, 0.717) is 11.1 Å². The van der Waals surface area contributed by atoms with Crippen LogP contribution in [-0.4, -0.2) is 19.1 Å². The van der Waals surface area contributed by atoms with E-state index in [1.54, 1.807) is 12.1 Å². The number of aromatic carboxylic acids is 1. The molecule has 2 aromatic carbocycles. The largest absolute Gasteiger partial charge is 0.478 e. The standard InChI is InChI=1S/C18H22O2Si/c1-13(2)21(3,4)15-9-7-8-14(12-15)16-10-5-6-11-17(16)18(19)20/h5-13H,1-4H3,(H,19,20). The molecule has 0 atom stereocenters. The van der Waals surface area contributed by atoms with Gasteiger partial charge in [0.25, 0.3) is 0 Å². The fraction of sp³-hybridized carbons (Fsp3) is 0.278. The Bertz CT molecular complexity index is 660. The van der Waals surface area contributed by atoms with Gasteiger partial charge in [-0.3, -0.25) is 0 Å². The van der Waals surface area contributed by atoms with E-state index in [2.05, 4.69) is 39.1 Å². The van der Waals surface area contributed by atoms with Gasteiger partial charge in [-0.1, -0.05) is 74.6 Å². The molecule has 0 amide bonds. The summed E-state index contributed by atoms with van der Waals surface area (Å²) in [5.41, 5.74) is 2.79. The van der Waals surface area contributed by atoms with Crippen molar-refractivity contribution in [3.63, 3.8) is 0 Å². The predicted octanol–water partition coefficient (Wildman–Crippen LogP) is 4.38. The maximum atomic E-state index is 11.4. The summed E-state index contributed by atoms with van der Waals surface area (Å²) in [6, 6.07) is 15.6. The van der Waals surface area contributed by atoms with Gasteiger partial charge in [-0.15, -0.1) is 0 Å². The number of carboxylic acid groups (broad SMARTS) is 1. The van der Waals surface area contributed by atoms with Gasteiger partial charge < -0.3 is 5.11 Å². The van der Waals surface area contributed by atoms with E-state index in [0.717, 1.165) is 11.1 Å². The predicted molar refractivity (Wildman–Crippen MR) is 91.1 cm³/mol. The fourth-order valence-corrected chi connectivity index (χ4v) is 4.06. The van der Waals surface area contributed by atoms with Crippen molar-refractivity contribution >= 4 is 19.2 Å². The van der Waals surface area contributed by atoms with E-state index >= 15 is 0 Å². The van der Waals surface area contributed by atoms with Crippen LogP contribution in [0, 0.1) is 0 Å². The number of benzene rings is 2. The number of hydrogen-bond acceptors (Lipinski definition) is 1. The summed E-state index contributed by atoms with van der Waals surface area (Å²) in [5, 5.41) is 10.7. The molecular formula is C18H22O2Si. The molecule has 0 aliphatic heterocycles. The number of carbonyl (C=O) groups is 1. The first-order valence-corrected chi connectivity index (χ1v) is 10.3. The molecule has 21 heavy (non-hydrogen) atoms. The first kappa shape index (κ1) is 15.5. The molecule has 0 aliphatic carbocycles. The monoisotopic (exact) mass is 298 g/mol. The second kappa shape index (κ2) is 5.86. The number of carboxylic acids is 1. The van der Waals surface area contributed by atoms with E-state index < -0.39 is 14.0 Å². The molecule has 2 aromatic rings. The Morgan fingerprint density at radius 3 is 2.33 bits per heavy atom. The number of hydrogen-bond donors (Lipinski definition) is 1. The SMILES string of the molecule is CC(C)[Si](C)(C)c1cccc(-c2ccccc2C(=O)O)c1. The summed E-state index contributed by atoms with van der Waals surface area (Å²) < 4.78 is 0. The second-order valence-corrected chi connectivity index (χ2v) is 11.5. The summed E-state index contributed by atoms with van der Waals surface area (Å²) in [5.74, 6) is -0.878. The van der Waals surface area contributed by atoms with Crippen molar-refractivity contribution in [2.75, 3.05) is 0 Å². The van der Waals surface area contributed by atoms with Crippen LogP contribution in [0.15, 0.2) is 48.5 Å². The molecule has 0 fully saturated rings. The van der Waals surface area contributed by atoms with Crippen LogP contribution >= 0.6 is 0 Å². The van der Waals surface area contributed by atoms with Gasteiger partial charge in [0, 0.05) is 0 Å². The van der Waals surface area contributed by atoms with E-state index in [4.69, 9.17) is 0 Å². The van der Waals surface area contributed by atoms with Gasteiger partial charge in [-0.05, 0) is 22.7 Å². The van der Waals surface area contributed by atoms with Crippen molar-refractivity contribution in [3.05, 3.63) is 54.1 Å². The van der Waals surface area contributed by atoms with Gasteiger partial charge in [0.2, 0.25) is 0 Å². The van der Waals surface area contributed by atoms with Crippen molar-refractivity contribution in [1.29, 1.82) is 0 Å². The average Bonchev–Trinajstić information content (AvgIpc) is 2.47. The lowest BCUT2D eigenvalue weighted by Crippen LogP contribution is -2.44. The Morgan fingerprint density at radius 1 is 1.05 bits per heavy atom. The van der Waals surface area contributed by atoms with Crippen LogP contribution in [0.5, 0.6) is 0 Å². The smallest absolute Gasteiger partial charge is 0.336 e. The van der Waals surface area contributed by atoms with Crippen molar-refractivity contribution in [1.82, 2.24) is 0 Å². The quantitative estimate of drug-likeness (QED) is 0.851. The minimum Gasteiger partial charge on any atom is -0.478 e. The molecule has 2 nitrogen and oxygen atoms in total. The zero-order chi connectivity index (χ0) is 15.6. The summed E-state index contributed by atoms with van der Waals surface area (Å²) in [4.78, 5) is 11.4. The first-order chi connectivity index (χ1) is 9.84. The zero-order valence-electron chi connectivity index (χ0n) is 13.1. The third-order valence-corrected chi connectivity index (χ3v) is 9.20. The summed E-state index contributed by atoms with van der Waals surface area (Å²) >= 11 is 0. The van der Waals surface area contributed by atoms with Crippen LogP contribution in [0.25, 0.3) is 11.1 Å². The summed E-state index contributed by atoms with van der Waals surface area (Å²) in [6.07, 6.45) is 0. The van der Waals surface area contributed by atoms with E-state index in [1.165, 1.54) is 5.19 Å². The normalized spacial score (nSPS) is 11.7. The van der Waals surface area contributed by atoms with Crippen LogP contribution in [0.3, 0.4) is 0 Å². The highest BCUT2D eigenvalue weighted by atomic mass is 28.3. The molecular weight excluding hydrogens is 276 g/mol. The Labute approximate surface area is 127 Å². The van der Waals surface area contributed by atoms with Gasteiger partial charge >= 0.3 is 5.97 Å². The van der Waals surface area contributed by atoms with E-state index in [1.807, 2.05) is 24.3 Å². The van der Waals surface area contributed by atoms with Crippen LogP contribution in [0.4, 0.5) is 0 Å². The van der Waals surface area contributed by atoms with E-state index in [-0.39, 0.29) is 0 Å². The Balaban J connectivity index is 2.55. The van der Waals surface area contributed by atoms with Crippen LogP contribution in [-0.2, 0) is 0 Å². The molecule has 0 bridgehead atoms. The van der Waals surface area contributed by atoms with Crippen molar-refractivity contribution in [3.8, 4) is 11.1 Å². The Morgan fingerprint density at radius 2 is 1.71 bits per heavy atom. The number of rotatable bonds is 4. The van der Waals surface area contributed by atoms with Gasteiger partial charge in [0.15, 0.2) is 0 Å². The average molecular weight is 298 g/mol. The maximum absolute atomic E-state index is 11.4. The first-order valence-electron chi connectivity index (χ1n) is 7.27. The zero-order valence-corrected chi connectivity index (χ0v) is 14.1. The van der Waals surface area contributed by atoms with Crippen LogP contribution < -0.4 is 5.19 Å². The maximum Gasteiger partial charge on any atom is 0.336 e. The highest BCUT2D eigenvalue weighted by Gasteiger charge is 2.27. The highest BCUT2D eigenvalue weighted by Crippen LogP contribution is 2.26. The molecule has 1 N–H and O–H groups in total. The molecule has 0 aliphatic rings. The molecule has 0 aromatic heterocycles. The molecule has 2 rings (SSSR count). The van der Waals surface area contributed by atoms with Crippen molar-refractivity contribution < 1.29 is 9.90 Å². The summed E-state index contributed by atoms with van der Waals surface area (Å²) in [7, 11) is -1.51. The van der Waals surface area contributed by atoms with Gasteiger partial charge in [-0.2, -0.15) is 0 Å². The minimum absolute atomic E-state index is 0.360. The fourth-order valence-electron chi connectivity index (χ4n) is 2.34. The molecule has 0 radical (unpaired) electrons. The minimum atomic E-state index is -1.51.